The first-order valence-corrected chi connectivity index (χ1v) is 7.47. The van der Waals surface area contributed by atoms with Crippen molar-refractivity contribution in [3.63, 3.8) is 0 Å². The van der Waals surface area contributed by atoms with Crippen LogP contribution in [0.3, 0.4) is 0 Å². The van der Waals surface area contributed by atoms with Gasteiger partial charge in [0.25, 0.3) is 0 Å². The van der Waals surface area contributed by atoms with Crippen molar-refractivity contribution in [1.82, 2.24) is 20.1 Å². The molecule has 0 unspecified atom stereocenters. The van der Waals surface area contributed by atoms with Gasteiger partial charge in [0.2, 0.25) is 0 Å². The van der Waals surface area contributed by atoms with E-state index >= 15 is 0 Å². The van der Waals surface area contributed by atoms with Crippen molar-refractivity contribution in [2.45, 2.75) is 11.6 Å². The number of aryl methyl sites for hydroxylation is 1. The van der Waals surface area contributed by atoms with E-state index in [0.29, 0.717) is 0 Å². The van der Waals surface area contributed by atoms with Gasteiger partial charge in [-0.25, -0.2) is 9.67 Å². The summed E-state index contributed by atoms with van der Waals surface area (Å²) in [5, 5.41) is 12.8. The quantitative estimate of drug-likeness (QED) is 0.614. The Morgan fingerprint density at radius 3 is 3.12 bits per heavy atom. The topological polar surface area (TPSA) is 42.7 Å². The highest BCUT2D eigenvalue weighted by Gasteiger charge is 2.00. The molecule has 1 N–H and O–H groups in total. The summed E-state index contributed by atoms with van der Waals surface area (Å²) in [5.41, 5.74) is 1.42. The Kier molecular flexibility index (Phi) is 5.03. The highest BCUT2D eigenvalue weighted by molar-refractivity contribution is 7.99. The predicted molar refractivity (Wildman–Crippen MR) is 72.6 cm³/mol. The maximum absolute atomic E-state index is 4.16. The van der Waals surface area contributed by atoms with Crippen LogP contribution in [0.15, 0.2) is 28.3 Å². The van der Waals surface area contributed by atoms with Crippen molar-refractivity contribution in [2.75, 3.05) is 18.8 Å². The molecule has 0 amide bonds. The summed E-state index contributed by atoms with van der Waals surface area (Å²) in [4.78, 5) is 4.16. The zero-order chi connectivity index (χ0) is 11.9. The molecular weight excluding hydrogens is 252 g/mol. The first-order valence-electron chi connectivity index (χ1n) is 5.55. The Morgan fingerprint density at radius 1 is 1.47 bits per heavy atom. The molecule has 6 heteroatoms. The van der Waals surface area contributed by atoms with Gasteiger partial charge in [0.1, 0.15) is 6.33 Å². The van der Waals surface area contributed by atoms with Crippen LogP contribution in [0.4, 0.5) is 0 Å². The fraction of sp³-hybridized carbons (Fsp3) is 0.455. The van der Waals surface area contributed by atoms with E-state index in [2.05, 4.69) is 32.2 Å². The van der Waals surface area contributed by atoms with Gasteiger partial charge in [-0.05, 0) is 35.4 Å². The van der Waals surface area contributed by atoms with Crippen molar-refractivity contribution >= 4 is 23.1 Å². The first kappa shape index (κ1) is 12.6. The number of thiophene rings is 1. The second-order valence-electron chi connectivity index (χ2n) is 3.65. The molecule has 4 nitrogen and oxygen atoms in total. The molecule has 0 spiro atoms. The number of hydrogen-bond donors (Lipinski definition) is 1. The van der Waals surface area contributed by atoms with E-state index in [1.54, 1.807) is 34.1 Å². The molecule has 2 heterocycles. The SMILES string of the molecule is Cn1ncnc1SCCNCCc1ccsc1. The fourth-order valence-electron chi connectivity index (χ4n) is 1.42. The molecule has 0 saturated heterocycles. The molecule has 0 aliphatic carbocycles. The zero-order valence-electron chi connectivity index (χ0n) is 9.80. The normalized spacial score (nSPS) is 10.9. The molecule has 17 heavy (non-hydrogen) atoms. The summed E-state index contributed by atoms with van der Waals surface area (Å²) in [6.07, 6.45) is 2.70. The van der Waals surface area contributed by atoms with Gasteiger partial charge in [0.15, 0.2) is 5.16 Å². The average molecular weight is 268 g/mol. The van der Waals surface area contributed by atoms with Crippen LogP contribution in [-0.2, 0) is 13.5 Å². The Balaban J connectivity index is 1.54. The average Bonchev–Trinajstić information content (AvgIpc) is 2.95. The van der Waals surface area contributed by atoms with Gasteiger partial charge in [0, 0.05) is 19.3 Å². The van der Waals surface area contributed by atoms with Gasteiger partial charge in [-0.2, -0.15) is 16.4 Å². The molecule has 0 radical (unpaired) electrons. The molecule has 2 aromatic rings. The van der Waals surface area contributed by atoms with Crippen molar-refractivity contribution in [3.8, 4) is 0 Å². The summed E-state index contributed by atoms with van der Waals surface area (Å²) in [6, 6.07) is 2.18. The molecule has 92 valence electrons. The summed E-state index contributed by atoms with van der Waals surface area (Å²) in [7, 11) is 1.92. The molecule has 0 saturated carbocycles. The minimum atomic E-state index is 0.977. The van der Waals surface area contributed by atoms with Crippen LogP contribution in [-0.4, -0.2) is 33.6 Å². The second-order valence-corrected chi connectivity index (χ2v) is 5.49. The third-order valence-electron chi connectivity index (χ3n) is 2.35. The van der Waals surface area contributed by atoms with Gasteiger partial charge in [-0.3, -0.25) is 0 Å². The van der Waals surface area contributed by atoms with Gasteiger partial charge in [0.05, 0.1) is 0 Å². The van der Waals surface area contributed by atoms with E-state index in [1.165, 1.54) is 5.56 Å². The van der Waals surface area contributed by atoms with Crippen molar-refractivity contribution in [1.29, 1.82) is 0 Å². The molecule has 0 aromatic carbocycles. The lowest BCUT2D eigenvalue weighted by Crippen LogP contribution is -2.20. The van der Waals surface area contributed by atoms with Crippen LogP contribution in [0.1, 0.15) is 5.56 Å². The summed E-state index contributed by atoms with van der Waals surface area (Å²) >= 11 is 3.49. The lowest BCUT2D eigenvalue weighted by Gasteiger charge is -2.03. The second kappa shape index (κ2) is 6.78. The minimum absolute atomic E-state index is 0.977. The summed E-state index contributed by atoms with van der Waals surface area (Å²) < 4.78 is 1.80. The molecule has 0 aliphatic heterocycles. The van der Waals surface area contributed by atoms with Crippen molar-refractivity contribution in [3.05, 3.63) is 28.7 Å². The van der Waals surface area contributed by atoms with E-state index in [0.717, 1.165) is 30.4 Å². The van der Waals surface area contributed by atoms with E-state index < -0.39 is 0 Å². The fourth-order valence-corrected chi connectivity index (χ4v) is 2.91. The maximum Gasteiger partial charge on any atom is 0.185 e. The number of nitrogens with zero attached hydrogens (tertiary/aromatic N) is 3. The molecule has 0 aliphatic rings. The maximum atomic E-state index is 4.16. The standard InChI is InChI=1S/C11H16N4S2/c1-15-11(13-9-14-15)17-7-5-12-4-2-10-3-6-16-8-10/h3,6,8-9,12H,2,4-5,7H2,1H3. The van der Waals surface area contributed by atoms with Crippen LogP contribution in [0.5, 0.6) is 0 Å². The summed E-state index contributed by atoms with van der Waals surface area (Å²) in [6.45, 7) is 2.04. The van der Waals surface area contributed by atoms with Gasteiger partial charge in [-0.15, -0.1) is 0 Å². The van der Waals surface area contributed by atoms with Crippen LogP contribution < -0.4 is 5.32 Å². The van der Waals surface area contributed by atoms with E-state index in [9.17, 15) is 0 Å². The lowest BCUT2D eigenvalue weighted by atomic mass is 10.2. The third-order valence-corrected chi connectivity index (χ3v) is 4.12. The summed E-state index contributed by atoms with van der Waals surface area (Å²) in [5.74, 6) is 1.02. The van der Waals surface area contributed by atoms with Crippen molar-refractivity contribution < 1.29 is 0 Å². The molecule has 2 aromatic heterocycles. The highest BCUT2D eigenvalue weighted by atomic mass is 32.2. The smallest absolute Gasteiger partial charge is 0.185 e. The Bertz CT molecular complexity index is 424. The van der Waals surface area contributed by atoms with Gasteiger partial charge in [-0.1, -0.05) is 11.8 Å². The van der Waals surface area contributed by atoms with Crippen LogP contribution in [0.25, 0.3) is 0 Å². The Morgan fingerprint density at radius 2 is 2.41 bits per heavy atom. The monoisotopic (exact) mass is 268 g/mol. The van der Waals surface area contributed by atoms with Crippen LogP contribution in [0, 0.1) is 0 Å². The molecular formula is C11H16N4S2. The van der Waals surface area contributed by atoms with E-state index in [-0.39, 0.29) is 0 Å². The number of hydrogen-bond acceptors (Lipinski definition) is 5. The number of aromatic nitrogens is 3. The Labute approximate surface area is 109 Å². The zero-order valence-corrected chi connectivity index (χ0v) is 11.4. The molecule has 0 fully saturated rings. The number of thioether (sulfide) groups is 1. The molecule has 2 rings (SSSR count). The van der Waals surface area contributed by atoms with Crippen LogP contribution in [0.2, 0.25) is 0 Å². The van der Waals surface area contributed by atoms with E-state index in [1.807, 2.05) is 7.05 Å². The Hall–Kier alpha value is -0.850. The minimum Gasteiger partial charge on any atom is -0.316 e. The van der Waals surface area contributed by atoms with Crippen LogP contribution >= 0.6 is 23.1 Å². The first-order chi connectivity index (χ1) is 8.36. The molecule has 0 atom stereocenters. The molecule has 0 bridgehead atoms. The van der Waals surface area contributed by atoms with Crippen molar-refractivity contribution in [2.24, 2.45) is 7.05 Å². The van der Waals surface area contributed by atoms with E-state index in [4.69, 9.17) is 0 Å². The third kappa shape index (κ3) is 4.14. The highest BCUT2D eigenvalue weighted by Crippen LogP contribution is 2.11. The van der Waals surface area contributed by atoms with Gasteiger partial charge < -0.3 is 5.32 Å². The number of nitrogens with one attached hydrogen (secondary N) is 1. The lowest BCUT2D eigenvalue weighted by molar-refractivity contribution is 0.682. The van der Waals surface area contributed by atoms with Gasteiger partial charge >= 0.3 is 0 Å². The largest absolute Gasteiger partial charge is 0.316 e. The number of rotatable bonds is 7. The predicted octanol–water partition coefficient (Wildman–Crippen LogP) is 1.80.